The van der Waals surface area contributed by atoms with Crippen LogP contribution >= 0.6 is 0 Å². The molecule has 1 aromatic carbocycles. The fourth-order valence-corrected chi connectivity index (χ4v) is 10.5. The van der Waals surface area contributed by atoms with Crippen LogP contribution in [0.4, 0.5) is 0 Å². The van der Waals surface area contributed by atoms with Crippen LogP contribution in [-0.2, 0) is 24.1 Å². The normalized spacial score (nSPS) is 40.3. The third-order valence-electron chi connectivity index (χ3n) is 10.9. The largest absolute Gasteiger partial charge is 0.547 e. The van der Waals surface area contributed by atoms with Gasteiger partial charge in [0.2, 0.25) is 8.32 Å². The Bertz CT molecular complexity index is 1270. The molecule has 6 heteroatoms. The van der Waals surface area contributed by atoms with E-state index < -0.39 is 14.1 Å². The van der Waals surface area contributed by atoms with Gasteiger partial charge in [-0.3, -0.25) is 4.79 Å². The van der Waals surface area contributed by atoms with E-state index in [4.69, 9.17) is 18.6 Å². The predicted molar refractivity (Wildman–Crippen MR) is 148 cm³/mol. The molecule has 38 heavy (non-hydrogen) atoms. The van der Waals surface area contributed by atoms with Crippen molar-refractivity contribution in [1.29, 1.82) is 0 Å². The number of ether oxygens (including phenoxy) is 3. The van der Waals surface area contributed by atoms with Gasteiger partial charge in [-0.25, -0.2) is 0 Å². The summed E-state index contributed by atoms with van der Waals surface area (Å²) in [5, 5.41) is 0. The summed E-state index contributed by atoms with van der Waals surface area (Å²) in [5.74, 6) is 1.18. The minimum Gasteiger partial charge on any atom is -0.547 e. The number of fused-ring (bicyclic) bond motifs is 5. The Morgan fingerprint density at radius 2 is 1.68 bits per heavy atom. The van der Waals surface area contributed by atoms with Gasteiger partial charge in [0.15, 0.2) is 11.6 Å². The van der Waals surface area contributed by atoms with Gasteiger partial charge >= 0.3 is 0 Å². The molecule has 1 spiro atoms. The smallest absolute Gasteiger partial charge is 0.241 e. The summed E-state index contributed by atoms with van der Waals surface area (Å²) >= 11 is 0. The van der Waals surface area contributed by atoms with Crippen LogP contribution in [0.2, 0.25) is 19.6 Å². The summed E-state index contributed by atoms with van der Waals surface area (Å²) in [4.78, 5) is 14.0. The Labute approximate surface area is 227 Å². The molecule has 1 aliphatic heterocycles. The van der Waals surface area contributed by atoms with Crippen LogP contribution in [0, 0.1) is 28.6 Å². The third-order valence-corrected chi connectivity index (χ3v) is 11.7. The maximum absolute atomic E-state index is 14.0. The average Bonchev–Trinajstić information content (AvgIpc) is 3.53. The molecule has 3 fully saturated rings. The zero-order chi connectivity index (χ0) is 26.6. The Hall–Kier alpha value is -2.15. The maximum Gasteiger partial charge on any atom is 0.241 e. The summed E-state index contributed by atoms with van der Waals surface area (Å²) in [5.41, 5.74) is 2.21. The van der Waals surface area contributed by atoms with Crippen molar-refractivity contribution in [3.8, 4) is 5.75 Å². The van der Waals surface area contributed by atoms with Crippen LogP contribution < -0.4 is 4.74 Å². The number of carbonyl (C=O) groups excluding carboxylic acids is 1. The van der Waals surface area contributed by atoms with Crippen LogP contribution in [0.5, 0.6) is 5.75 Å². The average molecular weight is 533 g/mol. The molecule has 6 atom stereocenters. The highest BCUT2D eigenvalue weighted by Gasteiger charge is 2.78. The van der Waals surface area contributed by atoms with Crippen molar-refractivity contribution in [2.75, 3.05) is 20.3 Å². The van der Waals surface area contributed by atoms with Gasteiger partial charge in [-0.05, 0) is 73.3 Å². The SMILES string of the molecule is COc1ccc([C@]23C=C[C@@]4(CCCC[C@]24C)[C@@H]2C3=C(O[Si](C)(C)C)C[C@@H]3[C@H]2C(=O)C=CC32OCCO2)cc1. The molecule has 0 unspecified atom stereocenters. The topological polar surface area (TPSA) is 54.0 Å². The second kappa shape index (κ2) is 7.95. The fraction of sp³-hybridized carbons (Fsp3) is 0.594. The van der Waals surface area contributed by atoms with E-state index in [0.717, 1.165) is 24.4 Å². The first kappa shape index (κ1) is 24.9. The van der Waals surface area contributed by atoms with Gasteiger partial charge in [-0.15, -0.1) is 0 Å². The van der Waals surface area contributed by atoms with Gasteiger partial charge in [-0.1, -0.05) is 44.1 Å². The molecular weight excluding hydrogens is 492 g/mol. The number of rotatable bonds is 4. The molecule has 202 valence electrons. The summed E-state index contributed by atoms with van der Waals surface area (Å²) < 4.78 is 25.3. The van der Waals surface area contributed by atoms with Gasteiger partial charge in [0, 0.05) is 35.0 Å². The first-order chi connectivity index (χ1) is 18.1. The molecule has 1 aromatic rings. The highest BCUT2D eigenvalue weighted by molar-refractivity contribution is 6.70. The fourth-order valence-electron chi connectivity index (χ4n) is 9.58. The van der Waals surface area contributed by atoms with E-state index >= 15 is 0 Å². The Morgan fingerprint density at radius 1 is 0.974 bits per heavy atom. The minimum absolute atomic E-state index is 0.0399. The van der Waals surface area contributed by atoms with Crippen molar-refractivity contribution in [1.82, 2.24) is 0 Å². The zero-order valence-corrected chi connectivity index (χ0v) is 24.3. The van der Waals surface area contributed by atoms with Gasteiger partial charge in [0.25, 0.3) is 0 Å². The number of hydrogen-bond donors (Lipinski definition) is 0. The highest BCUT2D eigenvalue weighted by Crippen LogP contribution is 2.81. The van der Waals surface area contributed by atoms with Crippen molar-refractivity contribution in [2.24, 2.45) is 28.6 Å². The van der Waals surface area contributed by atoms with E-state index in [-0.39, 0.29) is 39.8 Å². The molecule has 1 heterocycles. The number of ketones is 1. The third kappa shape index (κ3) is 2.92. The van der Waals surface area contributed by atoms with Gasteiger partial charge in [-0.2, -0.15) is 0 Å². The number of methoxy groups -OCH3 is 1. The van der Waals surface area contributed by atoms with Gasteiger partial charge < -0.3 is 18.6 Å². The van der Waals surface area contributed by atoms with Crippen molar-refractivity contribution in [3.63, 3.8) is 0 Å². The first-order valence-corrected chi connectivity index (χ1v) is 17.8. The molecule has 5 nitrogen and oxygen atoms in total. The van der Waals surface area contributed by atoms with E-state index in [9.17, 15) is 4.79 Å². The van der Waals surface area contributed by atoms with Crippen molar-refractivity contribution in [2.45, 2.75) is 69.9 Å². The second-order valence-electron chi connectivity index (χ2n) is 13.5. The standard InChI is InChI=1S/C32H40O5Si/c1-29-13-6-7-14-30(29)16-17-31(29,21-8-10-22(34-2)11-9-21)27-25(37-38(3,4)5)20-23-26(28(27)30)24(33)12-15-32(23)35-18-19-36-32/h8-12,15-17,23,26,28H,6-7,13-14,18-20H2,1-5H3/t23-,26+,28+,29+,30+,31+/m1/s1. The quantitative estimate of drug-likeness (QED) is 0.335. The van der Waals surface area contributed by atoms with Crippen LogP contribution in [-0.4, -0.2) is 40.2 Å². The molecular formula is C32H40O5Si. The van der Waals surface area contributed by atoms with Crippen LogP contribution in [0.3, 0.4) is 0 Å². The van der Waals surface area contributed by atoms with Gasteiger partial charge in [0.05, 0.1) is 26.1 Å². The molecule has 5 aliphatic carbocycles. The number of carbonyl (C=O) groups is 1. The van der Waals surface area contributed by atoms with E-state index in [1.807, 2.05) is 6.08 Å². The lowest BCUT2D eigenvalue weighted by Gasteiger charge is -2.53. The number of benzene rings is 1. The van der Waals surface area contributed by atoms with Crippen molar-refractivity contribution < 1.29 is 23.4 Å². The first-order valence-electron chi connectivity index (χ1n) is 14.4. The van der Waals surface area contributed by atoms with E-state index in [2.05, 4.69) is 63.0 Å². The Morgan fingerprint density at radius 3 is 2.37 bits per heavy atom. The molecule has 0 N–H and O–H groups in total. The lowest BCUT2D eigenvalue weighted by atomic mass is 9.51. The summed E-state index contributed by atoms with van der Waals surface area (Å²) in [6.45, 7) is 10.4. The second-order valence-corrected chi connectivity index (χ2v) is 17.9. The molecule has 1 saturated heterocycles. The molecule has 0 aromatic heterocycles. The molecule has 0 radical (unpaired) electrons. The molecule has 2 saturated carbocycles. The minimum atomic E-state index is -1.97. The molecule has 2 bridgehead atoms. The van der Waals surface area contributed by atoms with Crippen LogP contribution in [0.25, 0.3) is 0 Å². The van der Waals surface area contributed by atoms with E-state index in [1.54, 1.807) is 13.2 Å². The van der Waals surface area contributed by atoms with Crippen LogP contribution in [0.1, 0.15) is 44.6 Å². The lowest BCUT2D eigenvalue weighted by molar-refractivity contribution is -0.189. The lowest BCUT2D eigenvalue weighted by Crippen LogP contribution is -2.55. The monoisotopic (exact) mass is 532 g/mol. The maximum atomic E-state index is 14.0. The predicted octanol–water partition coefficient (Wildman–Crippen LogP) is 6.32. The summed E-state index contributed by atoms with van der Waals surface area (Å²) in [7, 11) is -0.248. The Balaban J connectivity index is 1.52. The van der Waals surface area contributed by atoms with Crippen LogP contribution in [0.15, 0.2) is 59.9 Å². The highest BCUT2D eigenvalue weighted by atomic mass is 28.4. The molecule has 7 rings (SSSR count). The van der Waals surface area contributed by atoms with Crippen molar-refractivity contribution in [3.05, 3.63) is 65.5 Å². The summed E-state index contributed by atoms with van der Waals surface area (Å²) in [6.07, 6.45) is 14.0. The Kier molecular flexibility index (Phi) is 5.20. The van der Waals surface area contributed by atoms with Gasteiger partial charge in [0.1, 0.15) is 5.75 Å². The van der Waals surface area contributed by atoms with E-state index in [1.165, 1.54) is 24.0 Å². The molecule has 6 aliphatic rings. The number of allylic oxidation sites excluding steroid dienone is 5. The molecule has 0 amide bonds. The summed E-state index contributed by atoms with van der Waals surface area (Å²) in [6, 6.07) is 8.68. The zero-order valence-electron chi connectivity index (χ0n) is 23.3. The number of hydrogen-bond acceptors (Lipinski definition) is 5. The van der Waals surface area contributed by atoms with E-state index in [0.29, 0.717) is 19.6 Å². The van der Waals surface area contributed by atoms with Crippen molar-refractivity contribution >= 4 is 14.1 Å².